The van der Waals surface area contributed by atoms with Crippen LogP contribution < -0.4 is 5.32 Å². The monoisotopic (exact) mass is 350 g/mol. The van der Waals surface area contributed by atoms with Gasteiger partial charge in [0.25, 0.3) is 5.91 Å². The molecule has 0 radical (unpaired) electrons. The van der Waals surface area contributed by atoms with Crippen LogP contribution in [-0.2, 0) is 6.54 Å². The maximum atomic E-state index is 12.5. The fourth-order valence-electron chi connectivity index (χ4n) is 3.60. The molecule has 1 heterocycles. The Labute approximate surface area is 157 Å². The van der Waals surface area contributed by atoms with E-state index in [1.165, 1.54) is 37.1 Å². The molecule has 3 rings (SSSR count). The zero-order chi connectivity index (χ0) is 18.5. The summed E-state index contributed by atoms with van der Waals surface area (Å²) in [6.45, 7) is 9.99. The van der Waals surface area contributed by atoms with Gasteiger partial charge in [0.05, 0.1) is 0 Å². The fraction of sp³-hybridized carbons (Fsp3) is 0.435. The van der Waals surface area contributed by atoms with Gasteiger partial charge in [-0.1, -0.05) is 45.0 Å². The average Bonchev–Trinajstić information content (AvgIpc) is 2.63. The molecule has 1 aliphatic heterocycles. The molecular formula is C23H30N2O. The molecule has 1 atom stereocenters. The molecule has 3 heteroatoms. The number of anilines is 1. The number of nitrogens with one attached hydrogen (secondary N) is 1. The Hall–Kier alpha value is -2.13. The van der Waals surface area contributed by atoms with E-state index in [0.29, 0.717) is 11.5 Å². The third-order valence-corrected chi connectivity index (χ3v) is 5.20. The van der Waals surface area contributed by atoms with Crippen LogP contribution in [0.4, 0.5) is 5.69 Å². The van der Waals surface area contributed by atoms with Crippen LogP contribution in [0.2, 0.25) is 0 Å². The van der Waals surface area contributed by atoms with Gasteiger partial charge in [0, 0.05) is 24.3 Å². The second-order valence-electron chi connectivity index (χ2n) is 7.91. The van der Waals surface area contributed by atoms with Crippen molar-refractivity contribution in [3.8, 4) is 0 Å². The zero-order valence-corrected chi connectivity index (χ0v) is 16.2. The van der Waals surface area contributed by atoms with Crippen molar-refractivity contribution in [3.05, 3.63) is 65.2 Å². The Balaban J connectivity index is 1.58. The number of hydrogen-bond acceptors (Lipinski definition) is 2. The molecule has 0 saturated carbocycles. The Bertz CT molecular complexity index is 719. The summed E-state index contributed by atoms with van der Waals surface area (Å²) in [5, 5.41) is 2.98. The molecular weight excluding hydrogens is 320 g/mol. The second kappa shape index (κ2) is 8.50. The Morgan fingerprint density at radius 3 is 2.42 bits per heavy atom. The molecule has 26 heavy (non-hydrogen) atoms. The van der Waals surface area contributed by atoms with Crippen LogP contribution >= 0.6 is 0 Å². The predicted octanol–water partition coefficient (Wildman–Crippen LogP) is 5.29. The maximum absolute atomic E-state index is 12.5. The van der Waals surface area contributed by atoms with Gasteiger partial charge in [0.1, 0.15) is 0 Å². The molecule has 0 spiro atoms. The smallest absolute Gasteiger partial charge is 0.255 e. The zero-order valence-electron chi connectivity index (χ0n) is 16.2. The molecule has 138 valence electrons. The number of benzene rings is 2. The van der Waals surface area contributed by atoms with Gasteiger partial charge >= 0.3 is 0 Å². The fourth-order valence-corrected chi connectivity index (χ4v) is 3.60. The first-order valence-electron chi connectivity index (χ1n) is 9.74. The number of rotatable bonds is 5. The normalized spacial score (nSPS) is 18.1. The van der Waals surface area contributed by atoms with Crippen molar-refractivity contribution in [1.29, 1.82) is 0 Å². The minimum absolute atomic E-state index is 0.0551. The summed E-state index contributed by atoms with van der Waals surface area (Å²) in [5.74, 6) is 1.23. The van der Waals surface area contributed by atoms with Gasteiger partial charge in [0.15, 0.2) is 0 Å². The number of piperidine rings is 1. The molecule has 1 amide bonds. The van der Waals surface area contributed by atoms with E-state index < -0.39 is 0 Å². The molecule has 0 bridgehead atoms. The first kappa shape index (κ1) is 18.7. The van der Waals surface area contributed by atoms with Gasteiger partial charge in [-0.2, -0.15) is 0 Å². The summed E-state index contributed by atoms with van der Waals surface area (Å²) in [6.07, 6.45) is 2.63. The van der Waals surface area contributed by atoms with Gasteiger partial charge < -0.3 is 5.32 Å². The Morgan fingerprint density at radius 2 is 1.81 bits per heavy atom. The quantitative estimate of drug-likeness (QED) is 0.794. The summed E-state index contributed by atoms with van der Waals surface area (Å²) in [5.41, 5.74) is 4.09. The molecule has 1 fully saturated rings. The number of amides is 1. The van der Waals surface area contributed by atoms with Crippen molar-refractivity contribution in [2.75, 3.05) is 18.4 Å². The van der Waals surface area contributed by atoms with Crippen LogP contribution in [0.3, 0.4) is 0 Å². The highest BCUT2D eigenvalue weighted by Crippen LogP contribution is 2.19. The molecule has 1 N–H and O–H groups in total. The second-order valence-corrected chi connectivity index (χ2v) is 7.91. The maximum Gasteiger partial charge on any atom is 0.255 e. The van der Waals surface area contributed by atoms with Crippen molar-refractivity contribution in [1.82, 2.24) is 4.90 Å². The summed E-state index contributed by atoms with van der Waals surface area (Å²) in [7, 11) is 0. The molecule has 1 saturated heterocycles. The van der Waals surface area contributed by atoms with E-state index in [1.807, 2.05) is 24.3 Å². The van der Waals surface area contributed by atoms with Gasteiger partial charge in [0.2, 0.25) is 0 Å². The van der Waals surface area contributed by atoms with Crippen molar-refractivity contribution in [2.45, 2.75) is 46.1 Å². The Kier molecular flexibility index (Phi) is 6.10. The van der Waals surface area contributed by atoms with Crippen LogP contribution in [0.1, 0.15) is 61.0 Å². The lowest BCUT2D eigenvalue weighted by Gasteiger charge is -2.30. The Morgan fingerprint density at radius 1 is 1.12 bits per heavy atom. The number of nitrogens with zero attached hydrogens (tertiary/aromatic N) is 1. The molecule has 1 aliphatic rings. The molecule has 0 unspecified atom stereocenters. The lowest BCUT2D eigenvalue weighted by molar-refractivity contribution is 0.102. The lowest BCUT2D eigenvalue weighted by atomic mass is 9.99. The van der Waals surface area contributed by atoms with Gasteiger partial charge in [-0.15, -0.1) is 0 Å². The SMILES string of the molecule is CC(C)c1ccc(NC(=O)c2ccc(CN3CCC[C@H](C)C3)cc2)cc1. The van der Waals surface area contributed by atoms with Crippen LogP contribution in [-0.4, -0.2) is 23.9 Å². The van der Waals surface area contributed by atoms with Crippen LogP contribution in [0.25, 0.3) is 0 Å². The molecule has 2 aromatic rings. The largest absolute Gasteiger partial charge is 0.322 e. The predicted molar refractivity (Wildman–Crippen MR) is 109 cm³/mol. The average molecular weight is 351 g/mol. The minimum atomic E-state index is -0.0551. The summed E-state index contributed by atoms with van der Waals surface area (Å²) in [4.78, 5) is 15.0. The van der Waals surface area contributed by atoms with E-state index in [0.717, 1.165) is 18.2 Å². The minimum Gasteiger partial charge on any atom is -0.322 e. The van der Waals surface area contributed by atoms with Crippen molar-refractivity contribution >= 4 is 11.6 Å². The summed E-state index contributed by atoms with van der Waals surface area (Å²) >= 11 is 0. The number of carbonyl (C=O) groups excluding carboxylic acids is 1. The first-order valence-corrected chi connectivity index (χ1v) is 9.74. The van der Waals surface area contributed by atoms with E-state index in [4.69, 9.17) is 0 Å². The van der Waals surface area contributed by atoms with Crippen molar-refractivity contribution in [3.63, 3.8) is 0 Å². The van der Waals surface area contributed by atoms with Crippen LogP contribution in [0.15, 0.2) is 48.5 Å². The van der Waals surface area contributed by atoms with E-state index in [-0.39, 0.29) is 5.91 Å². The standard InChI is InChI=1S/C23H30N2O/c1-17(2)20-10-12-22(13-11-20)24-23(26)21-8-6-19(7-9-21)16-25-14-4-5-18(3)15-25/h6-13,17-18H,4-5,14-16H2,1-3H3,(H,24,26)/t18-/m0/s1. The van der Waals surface area contributed by atoms with Crippen molar-refractivity contribution < 1.29 is 4.79 Å². The number of hydrogen-bond donors (Lipinski definition) is 1. The van der Waals surface area contributed by atoms with Crippen molar-refractivity contribution in [2.24, 2.45) is 5.92 Å². The lowest BCUT2D eigenvalue weighted by Crippen LogP contribution is -2.33. The van der Waals surface area contributed by atoms with Gasteiger partial charge in [-0.25, -0.2) is 0 Å². The van der Waals surface area contributed by atoms with Gasteiger partial charge in [-0.05, 0) is 66.6 Å². The third-order valence-electron chi connectivity index (χ3n) is 5.20. The summed E-state index contributed by atoms with van der Waals surface area (Å²) in [6, 6.07) is 16.1. The molecule has 0 aromatic heterocycles. The number of carbonyl (C=O) groups is 1. The summed E-state index contributed by atoms with van der Waals surface area (Å²) < 4.78 is 0. The number of likely N-dealkylation sites (tertiary alicyclic amines) is 1. The van der Waals surface area contributed by atoms with E-state index in [1.54, 1.807) is 0 Å². The highest BCUT2D eigenvalue weighted by atomic mass is 16.1. The highest BCUT2D eigenvalue weighted by molar-refractivity contribution is 6.04. The van der Waals surface area contributed by atoms with Crippen LogP contribution in [0, 0.1) is 5.92 Å². The molecule has 0 aliphatic carbocycles. The first-order chi connectivity index (χ1) is 12.5. The van der Waals surface area contributed by atoms with E-state index >= 15 is 0 Å². The van der Waals surface area contributed by atoms with Crippen LogP contribution in [0.5, 0.6) is 0 Å². The molecule has 2 aromatic carbocycles. The van der Waals surface area contributed by atoms with Gasteiger partial charge in [-0.3, -0.25) is 9.69 Å². The topological polar surface area (TPSA) is 32.3 Å². The van der Waals surface area contributed by atoms with E-state index in [2.05, 4.69) is 55.3 Å². The van der Waals surface area contributed by atoms with E-state index in [9.17, 15) is 4.79 Å². The highest BCUT2D eigenvalue weighted by Gasteiger charge is 2.16. The molecule has 3 nitrogen and oxygen atoms in total. The third kappa shape index (κ3) is 4.95.